The second-order valence-electron chi connectivity index (χ2n) is 5.60. The number of hydrogen-bond donors (Lipinski definition) is 3. The number of benzene rings is 1. The summed E-state index contributed by atoms with van der Waals surface area (Å²) in [5, 5.41) is 2.56. The van der Waals surface area contributed by atoms with Crippen LogP contribution >= 0.6 is 0 Å². The minimum atomic E-state index is -0.834. The molecule has 110 valence electrons. The Hall–Kier alpha value is -2.37. The van der Waals surface area contributed by atoms with Crippen LogP contribution in [0.5, 0.6) is 0 Å². The summed E-state index contributed by atoms with van der Waals surface area (Å²) in [7, 11) is 0. The third kappa shape index (κ3) is 2.89. The average Bonchev–Trinajstić information content (AvgIpc) is 3.39. The Balaban J connectivity index is 1.54. The predicted molar refractivity (Wildman–Crippen MR) is 74.8 cm³/mol. The number of carbonyl (C=O) groups is 3. The van der Waals surface area contributed by atoms with Crippen LogP contribution in [-0.4, -0.2) is 23.8 Å². The van der Waals surface area contributed by atoms with Crippen LogP contribution in [0.1, 0.15) is 31.2 Å². The number of rotatable bonds is 3. The minimum Gasteiger partial charge on any atom is -0.345 e. The van der Waals surface area contributed by atoms with E-state index in [4.69, 9.17) is 0 Å². The molecule has 0 aliphatic heterocycles. The Morgan fingerprint density at radius 2 is 1.62 bits per heavy atom. The molecule has 0 aromatic heterocycles. The van der Waals surface area contributed by atoms with Crippen LogP contribution in [0.15, 0.2) is 30.3 Å². The lowest BCUT2D eigenvalue weighted by molar-refractivity contribution is -0.141. The highest BCUT2D eigenvalue weighted by Gasteiger charge is 2.51. The third-order valence-electron chi connectivity index (χ3n) is 3.92. The zero-order chi connectivity index (χ0) is 14.9. The van der Waals surface area contributed by atoms with Crippen molar-refractivity contribution in [3.8, 4) is 0 Å². The Morgan fingerprint density at radius 1 is 0.952 bits per heavy atom. The molecule has 0 unspecified atom stereocenters. The van der Waals surface area contributed by atoms with Gasteiger partial charge in [0.25, 0.3) is 0 Å². The number of nitrogens with one attached hydrogen (secondary N) is 3. The molecule has 3 rings (SSSR count). The SMILES string of the molecule is O=C(NNC(=O)C1(c2ccccc2)CC1)C(=O)NC1CC1. The first-order chi connectivity index (χ1) is 10.1. The number of hydrazine groups is 1. The van der Waals surface area contributed by atoms with E-state index in [2.05, 4.69) is 16.2 Å². The van der Waals surface area contributed by atoms with Crippen LogP contribution in [0.2, 0.25) is 0 Å². The quantitative estimate of drug-likeness (QED) is 0.546. The molecule has 0 saturated heterocycles. The normalized spacial score (nSPS) is 18.5. The van der Waals surface area contributed by atoms with Gasteiger partial charge < -0.3 is 5.32 Å². The number of hydrogen-bond acceptors (Lipinski definition) is 3. The number of carbonyl (C=O) groups excluding carboxylic acids is 3. The van der Waals surface area contributed by atoms with Crippen LogP contribution in [0, 0.1) is 0 Å². The standard InChI is InChI=1S/C15H17N3O3/c19-12(16-11-6-7-11)13(20)17-18-14(21)15(8-9-15)10-4-2-1-3-5-10/h1-5,11H,6-9H2,(H,16,19)(H,17,20)(H,18,21). The first-order valence-electron chi connectivity index (χ1n) is 7.09. The van der Waals surface area contributed by atoms with Crippen molar-refractivity contribution < 1.29 is 14.4 Å². The maximum absolute atomic E-state index is 12.2. The maximum Gasteiger partial charge on any atom is 0.327 e. The summed E-state index contributed by atoms with van der Waals surface area (Å²) in [6.45, 7) is 0. The van der Waals surface area contributed by atoms with Crippen molar-refractivity contribution in [2.45, 2.75) is 37.1 Å². The third-order valence-corrected chi connectivity index (χ3v) is 3.92. The van der Waals surface area contributed by atoms with Crippen molar-refractivity contribution in [1.82, 2.24) is 16.2 Å². The molecule has 1 aromatic carbocycles. The van der Waals surface area contributed by atoms with E-state index in [1.165, 1.54) is 0 Å². The van der Waals surface area contributed by atoms with Gasteiger partial charge in [-0.2, -0.15) is 0 Å². The summed E-state index contributed by atoms with van der Waals surface area (Å²) in [6, 6.07) is 9.55. The largest absolute Gasteiger partial charge is 0.345 e. The molecule has 3 N–H and O–H groups in total. The van der Waals surface area contributed by atoms with Gasteiger partial charge in [0.1, 0.15) is 0 Å². The Bertz CT molecular complexity index is 577. The van der Waals surface area contributed by atoms with Gasteiger partial charge in [-0.3, -0.25) is 25.2 Å². The van der Waals surface area contributed by atoms with Crippen LogP contribution in [0.3, 0.4) is 0 Å². The lowest BCUT2D eigenvalue weighted by Crippen LogP contribution is -2.51. The second kappa shape index (κ2) is 5.20. The van der Waals surface area contributed by atoms with Gasteiger partial charge in [-0.15, -0.1) is 0 Å². The molecule has 0 radical (unpaired) electrons. The molecule has 2 saturated carbocycles. The van der Waals surface area contributed by atoms with E-state index in [-0.39, 0.29) is 11.9 Å². The summed E-state index contributed by atoms with van der Waals surface area (Å²) in [6.07, 6.45) is 3.30. The topological polar surface area (TPSA) is 87.3 Å². The monoisotopic (exact) mass is 287 g/mol. The Labute approximate surface area is 122 Å². The highest BCUT2D eigenvalue weighted by molar-refractivity contribution is 6.35. The van der Waals surface area contributed by atoms with Crippen molar-refractivity contribution in [3.05, 3.63) is 35.9 Å². The van der Waals surface area contributed by atoms with Gasteiger partial charge in [0.05, 0.1) is 5.41 Å². The molecule has 3 amide bonds. The fourth-order valence-corrected chi connectivity index (χ4v) is 2.30. The van der Waals surface area contributed by atoms with Crippen molar-refractivity contribution in [2.75, 3.05) is 0 Å². The summed E-state index contributed by atoms with van der Waals surface area (Å²) in [5.74, 6) is -1.82. The molecule has 2 aliphatic carbocycles. The van der Waals surface area contributed by atoms with Gasteiger partial charge in [-0.25, -0.2) is 0 Å². The molecule has 0 spiro atoms. The van der Waals surface area contributed by atoms with Crippen LogP contribution in [-0.2, 0) is 19.8 Å². The van der Waals surface area contributed by atoms with Crippen LogP contribution in [0.25, 0.3) is 0 Å². The molecule has 1 aromatic rings. The van der Waals surface area contributed by atoms with Gasteiger partial charge in [0.15, 0.2) is 0 Å². The Kier molecular flexibility index (Phi) is 3.37. The van der Waals surface area contributed by atoms with Crippen molar-refractivity contribution in [1.29, 1.82) is 0 Å². The van der Waals surface area contributed by atoms with Gasteiger partial charge in [0.2, 0.25) is 5.91 Å². The van der Waals surface area contributed by atoms with Gasteiger partial charge in [-0.1, -0.05) is 30.3 Å². The van der Waals surface area contributed by atoms with E-state index >= 15 is 0 Å². The molecule has 0 heterocycles. The summed E-state index contributed by atoms with van der Waals surface area (Å²) in [5.41, 5.74) is 4.90. The molecule has 21 heavy (non-hydrogen) atoms. The van der Waals surface area contributed by atoms with Crippen molar-refractivity contribution in [2.24, 2.45) is 0 Å². The fraction of sp³-hybridized carbons (Fsp3) is 0.400. The van der Waals surface area contributed by atoms with E-state index in [0.717, 1.165) is 31.2 Å². The molecule has 0 atom stereocenters. The maximum atomic E-state index is 12.2. The highest BCUT2D eigenvalue weighted by atomic mass is 16.2. The first kappa shape index (κ1) is 13.6. The summed E-state index contributed by atoms with van der Waals surface area (Å²) < 4.78 is 0. The first-order valence-corrected chi connectivity index (χ1v) is 7.09. The second-order valence-corrected chi connectivity index (χ2v) is 5.60. The molecule has 6 heteroatoms. The van der Waals surface area contributed by atoms with E-state index < -0.39 is 17.2 Å². The Morgan fingerprint density at radius 3 is 2.19 bits per heavy atom. The molecule has 0 bridgehead atoms. The van der Waals surface area contributed by atoms with Gasteiger partial charge >= 0.3 is 11.8 Å². The van der Waals surface area contributed by atoms with E-state index in [1.54, 1.807) is 0 Å². The zero-order valence-corrected chi connectivity index (χ0v) is 11.5. The van der Waals surface area contributed by atoms with E-state index in [9.17, 15) is 14.4 Å². The minimum absolute atomic E-state index is 0.109. The molecule has 2 aliphatic rings. The lowest BCUT2D eigenvalue weighted by Gasteiger charge is -2.16. The summed E-state index contributed by atoms with van der Waals surface area (Å²) in [4.78, 5) is 35.3. The lowest BCUT2D eigenvalue weighted by atomic mass is 9.95. The van der Waals surface area contributed by atoms with Crippen LogP contribution in [0.4, 0.5) is 0 Å². The van der Waals surface area contributed by atoms with E-state index in [0.29, 0.717) is 0 Å². The molecule has 2 fully saturated rings. The fourth-order valence-electron chi connectivity index (χ4n) is 2.30. The average molecular weight is 287 g/mol. The number of amides is 3. The molecule has 6 nitrogen and oxygen atoms in total. The molecular weight excluding hydrogens is 270 g/mol. The highest BCUT2D eigenvalue weighted by Crippen LogP contribution is 2.48. The van der Waals surface area contributed by atoms with Crippen LogP contribution < -0.4 is 16.2 Å². The molecular formula is C15H17N3O3. The van der Waals surface area contributed by atoms with Gasteiger partial charge in [0, 0.05) is 6.04 Å². The van der Waals surface area contributed by atoms with Crippen molar-refractivity contribution >= 4 is 17.7 Å². The zero-order valence-electron chi connectivity index (χ0n) is 11.5. The summed E-state index contributed by atoms with van der Waals surface area (Å²) >= 11 is 0. The van der Waals surface area contributed by atoms with Gasteiger partial charge in [-0.05, 0) is 31.2 Å². The van der Waals surface area contributed by atoms with E-state index in [1.807, 2.05) is 30.3 Å². The predicted octanol–water partition coefficient (Wildman–Crippen LogP) is 0.144. The smallest absolute Gasteiger partial charge is 0.327 e. The van der Waals surface area contributed by atoms with Crippen molar-refractivity contribution in [3.63, 3.8) is 0 Å².